The van der Waals surface area contributed by atoms with E-state index in [1.165, 1.54) is 17.0 Å². The Kier molecular flexibility index (Phi) is 5.23. The molecule has 0 spiro atoms. The molecule has 0 fully saturated rings. The average Bonchev–Trinajstić information content (AvgIpc) is 3.14. The summed E-state index contributed by atoms with van der Waals surface area (Å²) in [6.07, 6.45) is 0. The number of hydrogen-bond donors (Lipinski definition) is 3. The molecule has 0 bridgehead atoms. The van der Waals surface area contributed by atoms with Gasteiger partial charge < -0.3 is 20.4 Å². The lowest BCUT2D eigenvalue weighted by atomic mass is 9.89. The minimum atomic E-state index is -2.78. The third kappa shape index (κ3) is 3.25. The van der Waals surface area contributed by atoms with Crippen molar-refractivity contribution in [2.75, 3.05) is 0 Å². The molecule has 3 N–H and O–H groups in total. The van der Waals surface area contributed by atoms with E-state index < -0.39 is 27.7 Å². The van der Waals surface area contributed by atoms with Crippen molar-refractivity contribution in [2.45, 2.75) is 38.3 Å². The van der Waals surface area contributed by atoms with Gasteiger partial charge in [0.2, 0.25) is 11.5 Å². The molecular weight excluding hydrogens is 446 g/mol. The van der Waals surface area contributed by atoms with Crippen LogP contribution in [0.2, 0.25) is 0 Å². The minimum Gasteiger partial charge on any atom is -0.368 e. The number of benzene rings is 3. The number of carbonyl (C=O) groups is 1. The van der Waals surface area contributed by atoms with E-state index in [-0.39, 0.29) is 30.0 Å². The Morgan fingerprint density at radius 1 is 0.914 bits per heavy atom. The molecule has 1 heterocycles. The van der Waals surface area contributed by atoms with Crippen molar-refractivity contribution in [1.29, 1.82) is 0 Å². The van der Waals surface area contributed by atoms with Gasteiger partial charge in [-0.2, -0.15) is 0 Å². The lowest BCUT2D eigenvalue weighted by Gasteiger charge is -2.38. The average molecular weight is 472 g/mol. The molecule has 2 atom stereocenters. The zero-order valence-electron chi connectivity index (χ0n) is 19.4. The number of ketones is 1. The van der Waals surface area contributed by atoms with E-state index in [1.807, 2.05) is 62.4 Å². The number of nitro groups is 1. The van der Waals surface area contributed by atoms with Gasteiger partial charge in [0.15, 0.2) is 5.82 Å². The standard InChI is InChI=1S/C27H25N3O5/c1-17-7-11-19(12-8-17)15-28-25-23(30(34)35)26(32)24(31)21-5-3-4-6-22(21)27(26,33)29(25)16-20-13-9-18(2)10-14-20/h3-14,28,32-33H,15-16H2,1-2H3/t26-,27+/m0/s1. The van der Waals surface area contributed by atoms with Gasteiger partial charge in [-0.3, -0.25) is 14.9 Å². The number of aryl methyl sites for hydroxylation is 2. The van der Waals surface area contributed by atoms with Crippen LogP contribution in [0.4, 0.5) is 0 Å². The predicted molar refractivity (Wildman–Crippen MR) is 128 cm³/mol. The number of aliphatic hydroxyl groups is 2. The highest BCUT2D eigenvalue weighted by molar-refractivity contribution is 6.10. The molecule has 8 nitrogen and oxygen atoms in total. The maximum atomic E-state index is 13.4. The molecule has 0 aromatic heterocycles. The quantitative estimate of drug-likeness (QED) is 0.374. The fourth-order valence-corrected chi connectivity index (χ4v) is 4.97. The molecule has 0 amide bonds. The first-order valence-corrected chi connectivity index (χ1v) is 11.3. The number of hydrogen-bond acceptors (Lipinski definition) is 7. The molecular formula is C27H25N3O5. The third-order valence-corrected chi connectivity index (χ3v) is 6.83. The van der Waals surface area contributed by atoms with Crippen molar-refractivity contribution in [3.05, 3.63) is 128 Å². The smallest absolute Gasteiger partial charge is 0.330 e. The van der Waals surface area contributed by atoms with Crippen LogP contribution in [0.3, 0.4) is 0 Å². The predicted octanol–water partition coefficient (Wildman–Crippen LogP) is 3.13. The second-order valence-electron chi connectivity index (χ2n) is 9.12. The Morgan fingerprint density at radius 2 is 1.49 bits per heavy atom. The molecule has 1 aliphatic carbocycles. The van der Waals surface area contributed by atoms with Crippen LogP contribution < -0.4 is 5.32 Å². The molecule has 0 saturated heterocycles. The Morgan fingerprint density at radius 3 is 2.09 bits per heavy atom. The van der Waals surface area contributed by atoms with Gasteiger partial charge in [-0.15, -0.1) is 0 Å². The number of Topliss-reactive ketones (excluding diaryl/α,β-unsaturated/α-hetero) is 1. The van der Waals surface area contributed by atoms with Crippen molar-refractivity contribution in [1.82, 2.24) is 10.2 Å². The number of nitrogens with zero attached hydrogens (tertiary/aromatic N) is 2. The van der Waals surface area contributed by atoms with Crippen molar-refractivity contribution in [2.24, 2.45) is 0 Å². The highest BCUT2D eigenvalue weighted by atomic mass is 16.6. The first-order chi connectivity index (χ1) is 16.7. The highest BCUT2D eigenvalue weighted by Crippen LogP contribution is 2.56. The lowest BCUT2D eigenvalue weighted by molar-refractivity contribution is -0.445. The summed E-state index contributed by atoms with van der Waals surface area (Å²) in [6, 6.07) is 21.3. The molecule has 3 aromatic rings. The monoisotopic (exact) mass is 471 g/mol. The minimum absolute atomic E-state index is 0.0221. The molecule has 0 unspecified atom stereocenters. The van der Waals surface area contributed by atoms with Crippen molar-refractivity contribution < 1.29 is 19.9 Å². The normalized spacial score (nSPS) is 22.9. The highest BCUT2D eigenvalue weighted by Gasteiger charge is 2.77. The van der Waals surface area contributed by atoms with Crippen LogP contribution in [0.5, 0.6) is 0 Å². The summed E-state index contributed by atoms with van der Waals surface area (Å²) >= 11 is 0. The number of rotatable bonds is 6. The number of nitrogens with one attached hydrogen (secondary N) is 1. The van der Waals surface area contributed by atoms with Crippen LogP contribution in [-0.4, -0.2) is 31.4 Å². The topological polar surface area (TPSA) is 116 Å². The van der Waals surface area contributed by atoms with Crippen LogP contribution in [0.25, 0.3) is 0 Å². The molecule has 8 heteroatoms. The lowest BCUT2D eigenvalue weighted by Crippen LogP contribution is -2.57. The summed E-state index contributed by atoms with van der Waals surface area (Å²) in [4.78, 5) is 26.3. The molecule has 2 aliphatic rings. The van der Waals surface area contributed by atoms with E-state index in [4.69, 9.17) is 0 Å². The Balaban J connectivity index is 1.67. The molecule has 35 heavy (non-hydrogen) atoms. The second kappa shape index (κ2) is 8.04. The number of fused-ring (bicyclic) bond motifs is 3. The summed E-state index contributed by atoms with van der Waals surface area (Å²) in [7, 11) is 0. The Hall–Kier alpha value is -4.01. The van der Waals surface area contributed by atoms with E-state index in [0.717, 1.165) is 22.3 Å². The second-order valence-corrected chi connectivity index (χ2v) is 9.12. The zero-order valence-corrected chi connectivity index (χ0v) is 19.4. The summed E-state index contributed by atoms with van der Waals surface area (Å²) in [5.74, 6) is -0.993. The molecule has 178 valence electrons. The summed E-state index contributed by atoms with van der Waals surface area (Å²) in [5, 5.41) is 39.2. The van der Waals surface area contributed by atoms with Crippen molar-refractivity contribution >= 4 is 5.78 Å². The van der Waals surface area contributed by atoms with Gasteiger partial charge in [-0.25, -0.2) is 0 Å². The van der Waals surface area contributed by atoms with Crippen LogP contribution in [0.15, 0.2) is 84.3 Å². The molecule has 1 aliphatic heterocycles. The van der Waals surface area contributed by atoms with Crippen LogP contribution >= 0.6 is 0 Å². The van der Waals surface area contributed by atoms with Crippen LogP contribution in [0.1, 0.15) is 38.2 Å². The van der Waals surface area contributed by atoms with Crippen molar-refractivity contribution in [3.8, 4) is 0 Å². The third-order valence-electron chi connectivity index (χ3n) is 6.83. The molecule has 0 saturated carbocycles. The van der Waals surface area contributed by atoms with Gasteiger partial charge in [0.05, 0.1) is 4.92 Å². The van der Waals surface area contributed by atoms with Crippen molar-refractivity contribution in [3.63, 3.8) is 0 Å². The van der Waals surface area contributed by atoms with E-state index in [2.05, 4.69) is 5.32 Å². The van der Waals surface area contributed by atoms with E-state index in [0.29, 0.717) is 0 Å². The molecule has 5 rings (SSSR count). The van der Waals surface area contributed by atoms with Gasteiger partial charge in [-0.1, -0.05) is 83.9 Å². The SMILES string of the molecule is Cc1ccc(CNC2=C([N+](=O)[O-])[C@]3(O)C(=O)c4ccccc4[C@]3(O)N2Cc2ccc(C)cc2)cc1. The van der Waals surface area contributed by atoms with E-state index in [1.54, 1.807) is 12.1 Å². The van der Waals surface area contributed by atoms with Crippen LogP contribution in [0, 0.1) is 24.0 Å². The largest absolute Gasteiger partial charge is 0.368 e. The molecule has 0 radical (unpaired) electrons. The molecule has 3 aromatic carbocycles. The maximum Gasteiger partial charge on any atom is 0.330 e. The fourth-order valence-electron chi connectivity index (χ4n) is 4.97. The Labute approximate surface area is 202 Å². The van der Waals surface area contributed by atoms with E-state index in [9.17, 15) is 25.1 Å². The van der Waals surface area contributed by atoms with Gasteiger partial charge >= 0.3 is 5.70 Å². The number of carbonyl (C=O) groups excluding carboxylic acids is 1. The van der Waals surface area contributed by atoms with Gasteiger partial charge in [0.1, 0.15) is 0 Å². The van der Waals surface area contributed by atoms with Gasteiger partial charge in [0.25, 0.3) is 5.60 Å². The van der Waals surface area contributed by atoms with E-state index >= 15 is 0 Å². The maximum absolute atomic E-state index is 13.4. The summed E-state index contributed by atoms with van der Waals surface area (Å²) < 4.78 is 0. The van der Waals surface area contributed by atoms with Gasteiger partial charge in [0, 0.05) is 24.2 Å². The van der Waals surface area contributed by atoms with Gasteiger partial charge in [-0.05, 0) is 25.0 Å². The Bertz CT molecular complexity index is 1370. The first kappa shape index (κ1) is 22.8. The van der Waals surface area contributed by atoms with Crippen LogP contribution in [-0.2, 0) is 18.8 Å². The fraction of sp³-hybridized carbons (Fsp3) is 0.222. The summed E-state index contributed by atoms with van der Waals surface area (Å²) in [6.45, 7) is 4.12. The summed E-state index contributed by atoms with van der Waals surface area (Å²) in [5.41, 5.74) is -2.00. The first-order valence-electron chi connectivity index (χ1n) is 11.3. The zero-order chi connectivity index (χ0) is 25.0.